The summed E-state index contributed by atoms with van der Waals surface area (Å²) in [5, 5.41) is 3.46. The number of rotatable bonds is 3. The number of fused-ring (bicyclic) bond motifs is 1. The van der Waals surface area contributed by atoms with E-state index in [0.717, 1.165) is 49.1 Å². The van der Waals surface area contributed by atoms with E-state index in [1.807, 2.05) is 13.1 Å². The largest absolute Gasteiger partial charge is 0.314 e. The predicted molar refractivity (Wildman–Crippen MR) is 104 cm³/mol. The minimum Gasteiger partial charge on any atom is -0.314 e. The number of aromatic nitrogens is 1. The van der Waals surface area contributed by atoms with Gasteiger partial charge in [-0.15, -0.1) is 0 Å². The summed E-state index contributed by atoms with van der Waals surface area (Å²) < 4.78 is 1.07. The first-order chi connectivity index (χ1) is 11.6. The van der Waals surface area contributed by atoms with E-state index >= 15 is 0 Å². The van der Waals surface area contributed by atoms with Crippen molar-refractivity contribution in [2.75, 3.05) is 26.2 Å². The first-order valence-corrected chi connectivity index (χ1v) is 9.48. The molecule has 4 heteroatoms. The van der Waals surface area contributed by atoms with Crippen molar-refractivity contribution in [2.45, 2.75) is 32.7 Å². The van der Waals surface area contributed by atoms with E-state index in [-0.39, 0.29) is 6.04 Å². The number of nitrogens with one attached hydrogen (secondary N) is 1. The molecule has 1 atom stereocenters. The lowest BCUT2D eigenvalue weighted by molar-refractivity contribution is 0.194. The molecule has 2 aliphatic rings. The van der Waals surface area contributed by atoms with Crippen molar-refractivity contribution in [2.24, 2.45) is 0 Å². The van der Waals surface area contributed by atoms with Crippen LogP contribution in [-0.2, 0) is 6.42 Å². The highest BCUT2D eigenvalue weighted by Crippen LogP contribution is 2.38. The maximum absolute atomic E-state index is 4.85. The van der Waals surface area contributed by atoms with E-state index in [2.05, 4.69) is 57.9 Å². The topological polar surface area (TPSA) is 28.2 Å². The van der Waals surface area contributed by atoms with Crippen LogP contribution in [0.15, 0.2) is 52.2 Å². The van der Waals surface area contributed by atoms with Crippen LogP contribution in [0, 0.1) is 0 Å². The Hall–Kier alpha value is -1.23. The molecule has 2 heterocycles. The summed E-state index contributed by atoms with van der Waals surface area (Å²) in [6.07, 6.45) is 8.49. The third kappa shape index (κ3) is 3.88. The van der Waals surface area contributed by atoms with Gasteiger partial charge in [-0.2, -0.15) is 0 Å². The summed E-state index contributed by atoms with van der Waals surface area (Å²) >= 11 is 3.59. The van der Waals surface area contributed by atoms with Gasteiger partial charge in [0.25, 0.3) is 0 Å². The lowest BCUT2D eigenvalue weighted by Crippen LogP contribution is -2.45. The van der Waals surface area contributed by atoms with E-state index in [1.165, 1.54) is 22.4 Å². The van der Waals surface area contributed by atoms with E-state index < -0.39 is 0 Å². The number of pyridine rings is 1. The van der Waals surface area contributed by atoms with Crippen LogP contribution >= 0.6 is 15.9 Å². The molecule has 0 amide bonds. The fraction of sp³-hybridized carbons (Fsp3) is 0.450. The minimum absolute atomic E-state index is 0.244. The van der Waals surface area contributed by atoms with Gasteiger partial charge in [-0.25, -0.2) is 0 Å². The highest BCUT2D eigenvalue weighted by Gasteiger charge is 2.30. The van der Waals surface area contributed by atoms with Crippen LogP contribution in [0.2, 0.25) is 0 Å². The zero-order chi connectivity index (χ0) is 17.1. The van der Waals surface area contributed by atoms with Crippen molar-refractivity contribution in [1.82, 2.24) is 15.2 Å². The molecule has 0 saturated carbocycles. The number of piperazine rings is 1. The van der Waals surface area contributed by atoms with Crippen LogP contribution in [0.5, 0.6) is 0 Å². The van der Waals surface area contributed by atoms with Gasteiger partial charge in [0, 0.05) is 36.8 Å². The number of hydrogen-bond acceptors (Lipinski definition) is 3. The molecule has 3 nitrogen and oxygen atoms in total. The molecular formula is C20H26BrN3. The van der Waals surface area contributed by atoms with E-state index in [9.17, 15) is 0 Å². The molecule has 1 fully saturated rings. The van der Waals surface area contributed by atoms with Crippen LogP contribution in [0.25, 0.3) is 0 Å². The van der Waals surface area contributed by atoms with Crippen LogP contribution in [0.4, 0.5) is 0 Å². The molecule has 1 aliphatic carbocycles. The zero-order valence-electron chi connectivity index (χ0n) is 14.6. The van der Waals surface area contributed by atoms with E-state index in [1.54, 1.807) is 0 Å². The molecule has 128 valence electrons. The smallest absolute Gasteiger partial charge is 0.0779 e. The molecule has 0 aromatic carbocycles. The van der Waals surface area contributed by atoms with Gasteiger partial charge in [-0.1, -0.05) is 29.9 Å². The Kier molecular flexibility index (Phi) is 5.69. The second-order valence-electron chi connectivity index (χ2n) is 6.80. The number of nitrogens with zero attached hydrogens (tertiary/aromatic N) is 2. The Morgan fingerprint density at radius 3 is 2.83 bits per heavy atom. The summed E-state index contributed by atoms with van der Waals surface area (Å²) in [5.74, 6) is 0. The summed E-state index contributed by atoms with van der Waals surface area (Å²) in [5.41, 5.74) is 6.53. The third-order valence-electron chi connectivity index (χ3n) is 4.85. The molecule has 1 aliphatic heterocycles. The lowest BCUT2D eigenvalue weighted by Gasteiger charge is -2.36. The van der Waals surface area contributed by atoms with Crippen molar-refractivity contribution in [3.8, 4) is 0 Å². The van der Waals surface area contributed by atoms with E-state index in [0.29, 0.717) is 0 Å². The van der Waals surface area contributed by atoms with E-state index in [4.69, 9.17) is 4.98 Å². The van der Waals surface area contributed by atoms with Gasteiger partial charge in [0.1, 0.15) is 0 Å². The van der Waals surface area contributed by atoms with Crippen molar-refractivity contribution in [3.63, 3.8) is 0 Å². The quantitative estimate of drug-likeness (QED) is 0.788. The molecule has 0 bridgehead atoms. The molecule has 1 aromatic rings. The van der Waals surface area contributed by atoms with Gasteiger partial charge in [-0.05, 0) is 59.8 Å². The first kappa shape index (κ1) is 17.6. The Bertz CT molecular complexity index is 684. The second-order valence-corrected chi connectivity index (χ2v) is 7.72. The number of aryl methyl sites for hydroxylation is 1. The first-order valence-electron chi connectivity index (χ1n) is 8.68. The van der Waals surface area contributed by atoms with Crippen molar-refractivity contribution >= 4 is 15.9 Å². The Labute approximate surface area is 153 Å². The lowest BCUT2D eigenvalue weighted by atomic mass is 9.95. The van der Waals surface area contributed by atoms with Crippen LogP contribution in [-0.4, -0.2) is 36.1 Å². The average molecular weight is 388 g/mol. The van der Waals surface area contributed by atoms with Gasteiger partial charge in [0.2, 0.25) is 0 Å². The fourth-order valence-electron chi connectivity index (χ4n) is 3.56. The van der Waals surface area contributed by atoms with Gasteiger partial charge in [-0.3, -0.25) is 9.88 Å². The minimum atomic E-state index is 0.244. The molecule has 1 N–H and O–H groups in total. The highest BCUT2D eigenvalue weighted by molar-refractivity contribution is 9.10. The summed E-state index contributed by atoms with van der Waals surface area (Å²) in [4.78, 5) is 7.42. The molecule has 0 radical (unpaired) electrons. The van der Waals surface area contributed by atoms with Gasteiger partial charge >= 0.3 is 0 Å². The monoisotopic (exact) mass is 387 g/mol. The van der Waals surface area contributed by atoms with Crippen molar-refractivity contribution < 1.29 is 0 Å². The zero-order valence-corrected chi connectivity index (χ0v) is 16.2. The fourth-order valence-corrected chi connectivity index (χ4v) is 3.94. The molecule has 1 saturated heterocycles. The molecular weight excluding hydrogens is 362 g/mol. The van der Waals surface area contributed by atoms with Crippen LogP contribution < -0.4 is 5.32 Å². The Morgan fingerprint density at radius 1 is 1.38 bits per heavy atom. The molecule has 24 heavy (non-hydrogen) atoms. The molecule has 0 spiro atoms. The molecule has 3 rings (SSSR count). The highest BCUT2D eigenvalue weighted by atomic mass is 79.9. The molecule has 1 aromatic heterocycles. The standard InChI is InChI=1S/C20H26BrN3/c1-14(2)4-7-18-15(3)5-6-16-12-17(21)13-23-19(16)20(18)24-10-8-22-9-11-24/h4,7,12-13,20,22H,1,5-6,8-11H2,2-3H3/b7-4-. The second kappa shape index (κ2) is 7.77. The van der Waals surface area contributed by atoms with Gasteiger partial charge in [0.15, 0.2) is 0 Å². The third-order valence-corrected chi connectivity index (χ3v) is 5.28. The SMILES string of the molecule is C=C(C)/C=C\C1=C(C)CCc2cc(Br)cnc2C1N1CCNCC1. The maximum Gasteiger partial charge on any atom is 0.0779 e. The maximum atomic E-state index is 4.85. The Balaban J connectivity index is 2.09. The summed E-state index contributed by atoms with van der Waals surface area (Å²) in [7, 11) is 0. The molecule has 1 unspecified atom stereocenters. The predicted octanol–water partition coefficient (Wildman–Crippen LogP) is 4.19. The summed E-state index contributed by atoms with van der Waals surface area (Å²) in [6, 6.07) is 2.49. The van der Waals surface area contributed by atoms with Crippen LogP contribution in [0.1, 0.15) is 37.6 Å². The van der Waals surface area contributed by atoms with Gasteiger partial charge < -0.3 is 5.32 Å². The Morgan fingerprint density at radius 2 is 2.12 bits per heavy atom. The normalized spacial score (nSPS) is 22.5. The average Bonchev–Trinajstić information content (AvgIpc) is 2.70. The summed E-state index contributed by atoms with van der Waals surface area (Å²) in [6.45, 7) is 12.5. The van der Waals surface area contributed by atoms with Crippen molar-refractivity contribution in [1.29, 1.82) is 0 Å². The number of halogens is 1. The van der Waals surface area contributed by atoms with Gasteiger partial charge in [0.05, 0.1) is 11.7 Å². The number of allylic oxidation sites excluding steroid dienone is 3. The number of hydrogen-bond donors (Lipinski definition) is 1. The van der Waals surface area contributed by atoms with Crippen LogP contribution in [0.3, 0.4) is 0 Å². The van der Waals surface area contributed by atoms with Crippen molar-refractivity contribution in [3.05, 3.63) is 63.4 Å².